The van der Waals surface area contributed by atoms with E-state index < -0.39 is 23.1 Å². The molecule has 4 nitrogen and oxygen atoms in total. The summed E-state index contributed by atoms with van der Waals surface area (Å²) in [6, 6.07) is 0.211. The smallest absolute Gasteiger partial charge is 0.292 e. The van der Waals surface area contributed by atoms with Gasteiger partial charge in [-0.25, -0.2) is 4.79 Å². The minimum absolute atomic E-state index is 0.336. The van der Waals surface area contributed by atoms with E-state index in [-0.39, 0.29) is 6.04 Å². The van der Waals surface area contributed by atoms with Gasteiger partial charge in [-0.3, -0.25) is 13.9 Å². The maximum absolute atomic E-state index is 13.0. The molecule has 0 aliphatic carbocycles. The summed E-state index contributed by atoms with van der Waals surface area (Å²) in [6.45, 7) is 4.18. The Labute approximate surface area is 153 Å². The van der Waals surface area contributed by atoms with Crippen LogP contribution in [0.25, 0.3) is 0 Å². The normalized spacial score (nSPS) is 13.2. The SMILES string of the molecule is CCCCCCCC(CCCCC)n1c(=O)cc(C(F)(F)F)n(C)c1=O. The molecule has 0 bridgehead atoms. The van der Waals surface area contributed by atoms with Gasteiger partial charge in [0.25, 0.3) is 5.56 Å². The van der Waals surface area contributed by atoms with E-state index >= 15 is 0 Å². The fourth-order valence-electron chi connectivity index (χ4n) is 3.27. The molecule has 1 atom stereocenters. The summed E-state index contributed by atoms with van der Waals surface area (Å²) in [6.07, 6.45) is 4.64. The topological polar surface area (TPSA) is 44.0 Å². The van der Waals surface area contributed by atoms with Gasteiger partial charge in [0, 0.05) is 19.2 Å². The molecule has 26 heavy (non-hydrogen) atoms. The third kappa shape index (κ3) is 6.32. The maximum atomic E-state index is 13.0. The van der Waals surface area contributed by atoms with E-state index in [1.165, 1.54) is 0 Å². The lowest BCUT2D eigenvalue weighted by molar-refractivity contribution is -0.144. The van der Waals surface area contributed by atoms with Gasteiger partial charge in [0.15, 0.2) is 0 Å². The Kier molecular flexibility index (Phi) is 9.16. The van der Waals surface area contributed by atoms with Gasteiger partial charge in [0.1, 0.15) is 5.69 Å². The van der Waals surface area contributed by atoms with E-state index in [9.17, 15) is 22.8 Å². The predicted molar refractivity (Wildman–Crippen MR) is 97.5 cm³/mol. The van der Waals surface area contributed by atoms with Crippen LogP contribution in [0, 0.1) is 0 Å². The number of aromatic nitrogens is 2. The van der Waals surface area contributed by atoms with Gasteiger partial charge in [-0.2, -0.15) is 13.2 Å². The van der Waals surface area contributed by atoms with Crippen molar-refractivity contribution in [2.75, 3.05) is 0 Å². The molecular weight excluding hydrogens is 345 g/mol. The number of halogens is 3. The van der Waals surface area contributed by atoms with Crippen LogP contribution >= 0.6 is 0 Å². The highest BCUT2D eigenvalue weighted by molar-refractivity contribution is 5.07. The molecule has 0 aliphatic rings. The number of hydrogen-bond donors (Lipinski definition) is 0. The molecule has 0 fully saturated rings. The van der Waals surface area contributed by atoms with Gasteiger partial charge in [-0.15, -0.1) is 0 Å². The largest absolute Gasteiger partial charge is 0.431 e. The van der Waals surface area contributed by atoms with Crippen LogP contribution in [0.4, 0.5) is 13.2 Å². The van der Waals surface area contributed by atoms with Crippen molar-refractivity contribution in [2.24, 2.45) is 7.05 Å². The lowest BCUT2D eigenvalue weighted by atomic mass is 10.0. The van der Waals surface area contributed by atoms with Crippen molar-refractivity contribution in [3.8, 4) is 0 Å². The highest BCUT2D eigenvalue weighted by Crippen LogP contribution is 2.27. The highest BCUT2D eigenvalue weighted by Gasteiger charge is 2.35. The Balaban J connectivity index is 3.10. The van der Waals surface area contributed by atoms with Crippen molar-refractivity contribution >= 4 is 0 Å². The Morgan fingerprint density at radius 1 is 0.923 bits per heavy atom. The molecule has 0 amide bonds. The molecule has 1 rings (SSSR count). The summed E-state index contributed by atoms with van der Waals surface area (Å²) >= 11 is 0. The first kappa shape index (κ1) is 22.5. The average Bonchev–Trinajstić information content (AvgIpc) is 2.56. The number of hydrogen-bond acceptors (Lipinski definition) is 2. The second-order valence-corrected chi connectivity index (χ2v) is 6.93. The lowest BCUT2D eigenvalue weighted by Gasteiger charge is -2.21. The molecule has 0 aromatic carbocycles. The standard InChI is InChI=1S/C19H31F3N2O2/c1-4-6-8-9-11-13-15(12-10-7-5-2)24-17(25)14-16(19(20,21)22)23(3)18(24)26/h14-15H,4-13H2,1-3H3. The zero-order valence-corrected chi connectivity index (χ0v) is 16.1. The summed E-state index contributed by atoms with van der Waals surface area (Å²) in [5.41, 5.74) is -2.92. The van der Waals surface area contributed by atoms with Crippen molar-refractivity contribution in [3.05, 3.63) is 32.6 Å². The van der Waals surface area contributed by atoms with Crippen molar-refractivity contribution in [1.29, 1.82) is 0 Å². The molecule has 0 saturated heterocycles. The Morgan fingerprint density at radius 3 is 1.96 bits per heavy atom. The summed E-state index contributed by atoms with van der Waals surface area (Å²) in [5, 5.41) is 0. The van der Waals surface area contributed by atoms with Gasteiger partial charge in [-0.05, 0) is 12.8 Å². The number of unbranched alkanes of at least 4 members (excludes halogenated alkanes) is 6. The fourth-order valence-corrected chi connectivity index (χ4v) is 3.27. The molecule has 150 valence electrons. The molecular formula is C19H31F3N2O2. The van der Waals surface area contributed by atoms with Crippen molar-refractivity contribution in [3.63, 3.8) is 0 Å². The molecule has 1 heterocycles. The van der Waals surface area contributed by atoms with E-state index in [2.05, 4.69) is 13.8 Å². The summed E-state index contributed by atoms with van der Waals surface area (Å²) in [4.78, 5) is 24.8. The monoisotopic (exact) mass is 376 g/mol. The van der Waals surface area contributed by atoms with Crippen molar-refractivity contribution in [1.82, 2.24) is 9.13 Å². The van der Waals surface area contributed by atoms with Crippen LogP contribution in [0.5, 0.6) is 0 Å². The summed E-state index contributed by atoms with van der Waals surface area (Å²) in [7, 11) is 1.07. The Morgan fingerprint density at radius 2 is 1.42 bits per heavy atom. The quantitative estimate of drug-likeness (QED) is 0.507. The first-order valence-electron chi connectivity index (χ1n) is 9.63. The van der Waals surface area contributed by atoms with Gasteiger partial charge in [-0.1, -0.05) is 65.2 Å². The Bertz CT molecular complexity index is 662. The first-order chi connectivity index (χ1) is 12.2. The van der Waals surface area contributed by atoms with Crippen LogP contribution in [-0.4, -0.2) is 9.13 Å². The van der Waals surface area contributed by atoms with Crippen LogP contribution in [0.2, 0.25) is 0 Å². The fraction of sp³-hybridized carbons (Fsp3) is 0.789. The van der Waals surface area contributed by atoms with Gasteiger partial charge in [0.05, 0.1) is 0 Å². The second-order valence-electron chi connectivity index (χ2n) is 6.93. The molecule has 1 unspecified atom stereocenters. The molecule has 0 radical (unpaired) electrons. The summed E-state index contributed by atoms with van der Waals surface area (Å²) in [5.74, 6) is 0. The van der Waals surface area contributed by atoms with Crippen molar-refractivity contribution < 1.29 is 13.2 Å². The second kappa shape index (κ2) is 10.6. The van der Waals surface area contributed by atoms with E-state index in [1.807, 2.05) is 0 Å². The third-order valence-corrected chi connectivity index (χ3v) is 4.79. The van der Waals surface area contributed by atoms with E-state index in [4.69, 9.17) is 0 Å². The zero-order chi connectivity index (χ0) is 19.7. The minimum Gasteiger partial charge on any atom is -0.292 e. The first-order valence-corrected chi connectivity index (χ1v) is 9.63. The number of nitrogens with zero attached hydrogens (tertiary/aromatic N) is 2. The molecule has 0 aliphatic heterocycles. The molecule has 1 aromatic heterocycles. The van der Waals surface area contributed by atoms with Crippen LogP contribution in [0.1, 0.15) is 89.8 Å². The van der Waals surface area contributed by atoms with Crippen molar-refractivity contribution in [2.45, 2.75) is 90.3 Å². The van der Waals surface area contributed by atoms with Gasteiger partial charge >= 0.3 is 11.9 Å². The van der Waals surface area contributed by atoms with E-state index in [0.717, 1.165) is 63.0 Å². The van der Waals surface area contributed by atoms with Crippen LogP contribution in [0.3, 0.4) is 0 Å². The predicted octanol–water partition coefficient (Wildman–Crippen LogP) is 5.05. The molecule has 0 spiro atoms. The average molecular weight is 376 g/mol. The summed E-state index contributed by atoms with van der Waals surface area (Å²) < 4.78 is 40.6. The van der Waals surface area contributed by atoms with Gasteiger partial charge in [0.2, 0.25) is 0 Å². The molecule has 1 aromatic rings. The molecule has 0 saturated carbocycles. The van der Waals surface area contributed by atoms with Crippen LogP contribution < -0.4 is 11.2 Å². The zero-order valence-electron chi connectivity index (χ0n) is 16.1. The number of alkyl halides is 3. The number of rotatable bonds is 11. The van der Waals surface area contributed by atoms with E-state index in [0.29, 0.717) is 23.5 Å². The molecule has 0 N–H and O–H groups in total. The highest BCUT2D eigenvalue weighted by atomic mass is 19.4. The molecule has 7 heteroatoms. The minimum atomic E-state index is -4.72. The van der Waals surface area contributed by atoms with E-state index in [1.54, 1.807) is 0 Å². The Hall–Kier alpha value is -1.53. The van der Waals surface area contributed by atoms with Crippen LogP contribution in [0.15, 0.2) is 15.7 Å². The lowest BCUT2D eigenvalue weighted by Crippen LogP contribution is -2.43. The van der Waals surface area contributed by atoms with Gasteiger partial charge < -0.3 is 0 Å². The maximum Gasteiger partial charge on any atom is 0.431 e. The third-order valence-electron chi connectivity index (χ3n) is 4.79. The van der Waals surface area contributed by atoms with Crippen LogP contribution in [-0.2, 0) is 13.2 Å².